The Kier molecular flexibility index (Phi) is 13.1. The van der Waals surface area contributed by atoms with Gasteiger partial charge < -0.3 is 23.8 Å². The zero-order valence-electron chi connectivity index (χ0n) is 19.5. The summed E-state index contributed by atoms with van der Waals surface area (Å²) in [7, 11) is 3.25. The second-order valence-electron chi connectivity index (χ2n) is 8.07. The van der Waals surface area contributed by atoms with Gasteiger partial charge in [0.05, 0.1) is 27.4 Å². The van der Waals surface area contributed by atoms with Crippen molar-refractivity contribution in [1.29, 1.82) is 0 Å². The number of hydrogen-bond donors (Lipinski definition) is 0. The summed E-state index contributed by atoms with van der Waals surface area (Å²) in [4.78, 5) is 16.6. The molecule has 7 nitrogen and oxygen atoms in total. The maximum atomic E-state index is 11.6. The summed E-state index contributed by atoms with van der Waals surface area (Å²) in [6, 6.07) is 3.99. The molecule has 0 amide bonds. The highest BCUT2D eigenvalue weighted by molar-refractivity contribution is 5.85. The van der Waals surface area contributed by atoms with Gasteiger partial charge in [-0.05, 0) is 38.2 Å². The van der Waals surface area contributed by atoms with Gasteiger partial charge in [-0.2, -0.15) is 0 Å². The summed E-state index contributed by atoms with van der Waals surface area (Å²) in [6.07, 6.45) is 3.75. The van der Waals surface area contributed by atoms with Crippen LogP contribution in [0.1, 0.15) is 38.2 Å². The lowest BCUT2D eigenvalue weighted by Crippen LogP contribution is -2.46. The molecule has 184 valence electrons. The number of hydrogen-bond acceptors (Lipinski definition) is 7. The van der Waals surface area contributed by atoms with E-state index in [1.807, 2.05) is 13.0 Å². The fourth-order valence-corrected chi connectivity index (χ4v) is 3.88. The Morgan fingerprint density at radius 1 is 1.00 bits per heavy atom. The molecular formula is C23H38Cl2N2O5. The number of carbonyl (C=O) groups excluding carboxylic acids is 1. The van der Waals surface area contributed by atoms with Gasteiger partial charge in [-0.3, -0.25) is 9.69 Å². The number of halogens is 2. The highest BCUT2D eigenvalue weighted by Crippen LogP contribution is 2.40. The molecule has 2 fully saturated rings. The van der Waals surface area contributed by atoms with Crippen LogP contribution in [-0.2, 0) is 16.1 Å². The largest absolute Gasteiger partial charge is 0.493 e. The molecule has 1 saturated heterocycles. The molecule has 0 atom stereocenters. The number of piperazine rings is 1. The summed E-state index contributed by atoms with van der Waals surface area (Å²) in [5.41, 5.74) is 1.08. The predicted octanol–water partition coefficient (Wildman–Crippen LogP) is 3.80. The summed E-state index contributed by atoms with van der Waals surface area (Å²) in [5.74, 6) is 2.72. The van der Waals surface area contributed by atoms with Crippen molar-refractivity contribution in [2.75, 3.05) is 60.2 Å². The number of rotatable bonds is 12. The molecule has 0 spiro atoms. The van der Waals surface area contributed by atoms with Crippen LogP contribution in [0.3, 0.4) is 0 Å². The van der Waals surface area contributed by atoms with Gasteiger partial charge in [0.2, 0.25) is 5.75 Å². The molecule has 0 N–H and O–H groups in total. The molecule has 1 aliphatic heterocycles. The lowest BCUT2D eigenvalue weighted by Gasteiger charge is -2.35. The number of ether oxygens (including phenoxy) is 4. The zero-order chi connectivity index (χ0) is 21.3. The van der Waals surface area contributed by atoms with Crippen LogP contribution in [0.2, 0.25) is 0 Å². The highest BCUT2D eigenvalue weighted by Gasteiger charge is 2.27. The monoisotopic (exact) mass is 492 g/mol. The van der Waals surface area contributed by atoms with Crippen molar-refractivity contribution in [3.8, 4) is 17.2 Å². The third kappa shape index (κ3) is 8.50. The molecule has 0 bridgehead atoms. The first kappa shape index (κ1) is 28.6. The maximum absolute atomic E-state index is 11.6. The van der Waals surface area contributed by atoms with E-state index in [0.717, 1.165) is 44.2 Å². The summed E-state index contributed by atoms with van der Waals surface area (Å²) in [5, 5.41) is 0. The molecule has 2 aliphatic rings. The van der Waals surface area contributed by atoms with Crippen molar-refractivity contribution in [2.45, 2.75) is 39.2 Å². The number of nitrogens with zero attached hydrogens (tertiary/aromatic N) is 2. The quantitative estimate of drug-likeness (QED) is 0.324. The van der Waals surface area contributed by atoms with Gasteiger partial charge in [0.25, 0.3) is 0 Å². The van der Waals surface area contributed by atoms with E-state index in [2.05, 4.69) is 15.9 Å². The van der Waals surface area contributed by atoms with E-state index < -0.39 is 0 Å². The van der Waals surface area contributed by atoms with E-state index >= 15 is 0 Å². The van der Waals surface area contributed by atoms with E-state index in [1.165, 1.54) is 19.4 Å². The van der Waals surface area contributed by atoms with E-state index in [-0.39, 0.29) is 30.8 Å². The Balaban J connectivity index is 0.00000256. The Labute approximate surface area is 204 Å². The number of benzene rings is 1. The molecule has 1 aromatic rings. The average molecular weight is 493 g/mol. The Morgan fingerprint density at radius 3 is 2.28 bits per heavy atom. The van der Waals surface area contributed by atoms with Gasteiger partial charge in [0.15, 0.2) is 11.5 Å². The minimum absolute atomic E-state index is 0. The summed E-state index contributed by atoms with van der Waals surface area (Å²) < 4.78 is 22.2. The molecule has 32 heavy (non-hydrogen) atoms. The van der Waals surface area contributed by atoms with Crippen molar-refractivity contribution < 1.29 is 23.7 Å². The van der Waals surface area contributed by atoms with Crippen LogP contribution in [0.25, 0.3) is 0 Å². The van der Waals surface area contributed by atoms with E-state index in [0.29, 0.717) is 43.3 Å². The topological polar surface area (TPSA) is 60.5 Å². The molecule has 1 aromatic carbocycles. The maximum Gasteiger partial charge on any atom is 0.305 e. The third-order valence-corrected chi connectivity index (χ3v) is 5.73. The molecule has 1 aliphatic carbocycles. The second kappa shape index (κ2) is 14.7. The average Bonchev–Trinajstić information content (AvgIpc) is 3.57. The molecule has 0 unspecified atom stereocenters. The summed E-state index contributed by atoms with van der Waals surface area (Å²) >= 11 is 0. The third-order valence-electron chi connectivity index (χ3n) is 5.73. The minimum Gasteiger partial charge on any atom is -0.493 e. The Hall–Kier alpha value is -1.41. The van der Waals surface area contributed by atoms with Gasteiger partial charge in [0, 0.05) is 51.3 Å². The lowest BCUT2D eigenvalue weighted by molar-refractivity contribution is -0.143. The standard InChI is InChI=1S/C23H36N2O5.2ClH/c1-4-29-21(26)6-5-15-30-22-19(9-10-20(27-2)23(22)28-3)17-25-13-11-24(12-14-25)16-18-7-8-18;;/h9-10,18H,4-8,11-17H2,1-3H3;2*1H. The van der Waals surface area contributed by atoms with Crippen LogP contribution in [0, 0.1) is 5.92 Å². The van der Waals surface area contributed by atoms with E-state index in [9.17, 15) is 4.79 Å². The van der Waals surface area contributed by atoms with Crippen LogP contribution in [-0.4, -0.2) is 75.9 Å². The predicted molar refractivity (Wildman–Crippen MR) is 130 cm³/mol. The Morgan fingerprint density at radius 2 is 1.69 bits per heavy atom. The molecule has 9 heteroatoms. The van der Waals surface area contributed by atoms with Crippen molar-refractivity contribution in [1.82, 2.24) is 9.80 Å². The molecule has 0 aromatic heterocycles. The van der Waals surface area contributed by atoms with Crippen molar-refractivity contribution in [3.05, 3.63) is 17.7 Å². The lowest BCUT2D eigenvalue weighted by atomic mass is 10.1. The van der Waals surface area contributed by atoms with Crippen molar-refractivity contribution >= 4 is 30.8 Å². The van der Waals surface area contributed by atoms with Gasteiger partial charge in [-0.15, -0.1) is 24.8 Å². The minimum atomic E-state index is -0.192. The molecule has 1 heterocycles. The molecule has 1 saturated carbocycles. The fraction of sp³-hybridized carbons (Fsp3) is 0.696. The van der Waals surface area contributed by atoms with Crippen molar-refractivity contribution in [3.63, 3.8) is 0 Å². The first-order valence-electron chi connectivity index (χ1n) is 11.1. The van der Waals surface area contributed by atoms with Crippen LogP contribution in [0.4, 0.5) is 0 Å². The first-order chi connectivity index (χ1) is 14.6. The fourth-order valence-electron chi connectivity index (χ4n) is 3.88. The molecule has 3 rings (SSSR count). The van der Waals surface area contributed by atoms with Crippen LogP contribution in [0.15, 0.2) is 12.1 Å². The molecule has 0 radical (unpaired) electrons. The smallest absolute Gasteiger partial charge is 0.305 e. The van der Waals surface area contributed by atoms with Gasteiger partial charge >= 0.3 is 5.97 Å². The van der Waals surface area contributed by atoms with Crippen LogP contribution >= 0.6 is 24.8 Å². The van der Waals surface area contributed by atoms with Gasteiger partial charge in [-0.1, -0.05) is 6.07 Å². The van der Waals surface area contributed by atoms with Gasteiger partial charge in [-0.25, -0.2) is 0 Å². The van der Waals surface area contributed by atoms with Gasteiger partial charge in [0.1, 0.15) is 0 Å². The van der Waals surface area contributed by atoms with Crippen LogP contribution < -0.4 is 14.2 Å². The van der Waals surface area contributed by atoms with E-state index in [1.54, 1.807) is 14.2 Å². The number of methoxy groups -OCH3 is 2. The summed E-state index contributed by atoms with van der Waals surface area (Å²) in [6.45, 7) is 9.08. The second-order valence-corrected chi connectivity index (χ2v) is 8.07. The number of esters is 1. The van der Waals surface area contributed by atoms with Crippen molar-refractivity contribution in [2.24, 2.45) is 5.92 Å². The Bertz CT molecular complexity index is 695. The van der Waals surface area contributed by atoms with E-state index in [4.69, 9.17) is 18.9 Å². The molecular weight excluding hydrogens is 455 g/mol. The zero-order valence-corrected chi connectivity index (χ0v) is 21.1. The first-order valence-corrected chi connectivity index (χ1v) is 11.1. The highest BCUT2D eigenvalue weighted by atomic mass is 35.5. The SMILES string of the molecule is CCOC(=O)CCCOc1c(CN2CCN(CC3CC3)CC2)ccc(OC)c1OC.Cl.Cl. The van der Waals surface area contributed by atoms with Crippen LogP contribution in [0.5, 0.6) is 17.2 Å². The number of carbonyl (C=O) groups is 1. The normalized spacial score (nSPS) is 16.5.